The molecule has 7 heteroatoms. The van der Waals surface area contributed by atoms with Crippen molar-refractivity contribution in [3.8, 4) is 0 Å². The smallest absolute Gasteiger partial charge is 0.150 e. The quantitative estimate of drug-likeness (QED) is 0.726. The van der Waals surface area contributed by atoms with Crippen molar-refractivity contribution in [3.05, 3.63) is 0 Å². The van der Waals surface area contributed by atoms with Crippen LogP contribution in [0.4, 0.5) is 0 Å². The molecule has 1 rings (SSSR count). The van der Waals surface area contributed by atoms with Gasteiger partial charge in [0.25, 0.3) is 0 Å². The molecule has 78 valence electrons. The van der Waals surface area contributed by atoms with Crippen LogP contribution in [0.2, 0.25) is 0 Å². The molecule has 0 aromatic heterocycles. The van der Waals surface area contributed by atoms with Crippen LogP contribution in [0.15, 0.2) is 0 Å². The molecule has 0 N–H and O–H groups in total. The van der Waals surface area contributed by atoms with Gasteiger partial charge in [0.15, 0.2) is 9.84 Å². The summed E-state index contributed by atoms with van der Waals surface area (Å²) < 4.78 is 22.6. The Balaban J connectivity index is 2.64. The fraction of sp³-hybridized carbons (Fsp3) is 1.00. The van der Waals surface area contributed by atoms with E-state index in [1.54, 1.807) is 0 Å². The average Bonchev–Trinajstić information content (AvgIpc) is 2.01. The fourth-order valence-electron chi connectivity index (χ4n) is 1.69. The lowest BCUT2D eigenvalue weighted by Gasteiger charge is -2.32. The van der Waals surface area contributed by atoms with E-state index in [-0.39, 0.29) is 7.30 Å². The molecular weight excluding hydrogens is 260 g/mol. The molecule has 0 radical (unpaired) electrons. The third kappa shape index (κ3) is 3.62. The van der Waals surface area contributed by atoms with E-state index in [2.05, 4.69) is 24.8 Å². The number of rotatable bonds is 2. The van der Waals surface area contributed by atoms with Crippen molar-refractivity contribution in [3.63, 3.8) is 0 Å². The molecule has 0 spiro atoms. The van der Waals surface area contributed by atoms with Gasteiger partial charge in [-0.2, -0.15) is 0 Å². The molecule has 2 nitrogen and oxygen atoms in total. The second-order valence-electron chi connectivity index (χ2n) is 3.48. The van der Waals surface area contributed by atoms with Gasteiger partial charge in [-0.15, -0.1) is 17.9 Å². The van der Waals surface area contributed by atoms with Gasteiger partial charge < -0.3 is 0 Å². The largest absolute Gasteiger partial charge is 0.229 e. The van der Waals surface area contributed by atoms with E-state index in [0.717, 1.165) is 14.4 Å². The molecule has 0 amide bonds. The zero-order chi connectivity index (χ0) is 10.1. The zero-order valence-electron chi connectivity index (χ0n) is 7.60. The van der Waals surface area contributed by atoms with Crippen molar-refractivity contribution in [1.82, 2.24) is 0 Å². The van der Waals surface area contributed by atoms with Gasteiger partial charge in [0.2, 0.25) is 0 Å². The summed E-state index contributed by atoms with van der Waals surface area (Å²) in [6.45, 7) is 2.07. The van der Waals surface area contributed by atoms with E-state index in [1.807, 2.05) is 0 Å². The Labute approximate surface area is 87.9 Å². The van der Waals surface area contributed by atoms with E-state index in [9.17, 15) is 8.42 Å². The molecule has 13 heavy (non-hydrogen) atoms. The molecule has 6 atom stereocenters. The molecule has 0 aromatic carbocycles. The topological polar surface area (TPSA) is 34.1 Å². The van der Waals surface area contributed by atoms with Gasteiger partial charge in [0, 0.05) is 0 Å². The molecule has 1 saturated heterocycles. The maximum atomic E-state index is 11.3. The lowest BCUT2D eigenvalue weighted by atomic mass is 10.1. The molecular formula is C6H16O2P4S. The minimum absolute atomic E-state index is 0.0343. The molecule has 1 fully saturated rings. The van der Waals surface area contributed by atoms with Gasteiger partial charge in [-0.25, -0.2) is 8.42 Å². The summed E-state index contributed by atoms with van der Waals surface area (Å²) in [6.07, 6.45) is 0.875. The zero-order valence-corrected chi connectivity index (χ0v) is 12.6. The Morgan fingerprint density at radius 3 is 2.62 bits per heavy atom. The SMILES string of the molecule is C[C@H]1CS(=O)(=O)CC[C@H]1P(P)PP. The highest BCUT2D eigenvalue weighted by Gasteiger charge is 2.32. The Morgan fingerprint density at radius 2 is 2.15 bits per heavy atom. The van der Waals surface area contributed by atoms with E-state index >= 15 is 0 Å². The summed E-state index contributed by atoms with van der Waals surface area (Å²) in [7, 11) is 3.83. The summed E-state index contributed by atoms with van der Waals surface area (Å²) in [4.78, 5) is 0. The van der Waals surface area contributed by atoms with Gasteiger partial charge in [-0.1, -0.05) is 22.2 Å². The summed E-state index contributed by atoms with van der Waals surface area (Å²) in [5, 5.41) is 0. The Kier molecular flexibility index (Phi) is 5.03. The normalized spacial score (nSPS) is 36.5. The Hall–Kier alpha value is 1.67. The second-order valence-corrected chi connectivity index (χ2v) is 15.3. The van der Waals surface area contributed by atoms with Gasteiger partial charge in [0.1, 0.15) is 0 Å². The van der Waals surface area contributed by atoms with E-state index < -0.39 is 9.84 Å². The Bertz CT molecular complexity index is 266. The van der Waals surface area contributed by atoms with E-state index in [1.165, 1.54) is 0 Å². The van der Waals surface area contributed by atoms with Crippen molar-refractivity contribution in [2.75, 3.05) is 11.5 Å². The fourth-order valence-corrected chi connectivity index (χ4v) is 9.85. The number of sulfone groups is 1. The van der Waals surface area contributed by atoms with Crippen molar-refractivity contribution in [2.45, 2.75) is 19.0 Å². The first-order valence-corrected chi connectivity index (χ1v) is 12.7. The van der Waals surface area contributed by atoms with Crippen molar-refractivity contribution in [2.24, 2.45) is 5.92 Å². The lowest BCUT2D eigenvalue weighted by molar-refractivity contribution is 0.524. The van der Waals surface area contributed by atoms with Crippen LogP contribution in [0.3, 0.4) is 0 Å². The van der Waals surface area contributed by atoms with Crippen LogP contribution in [-0.2, 0) is 9.84 Å². The van der Waals surface area contributed by atoms with Crippen molar-refractivity contribution < 1.29 is 8.42 Å². The maximum Gasteiger partial charge on any atom is 0.150 e. The molecule has 0 saturated carbocycles. The molecule has 0 bridgehead atoms. The second kappa shape index (κ2) is 5.14. The lowest BCUT2D eigenvalue weighted by Crippen LogP contribution is -2.32. The van der Waals surface area contributed by atoms with Crippen molar-refractivity contribution >= 4 is 43.0 Å². The summed E-state index contributed by atoms with van der Waals surface area (Å²) in [6, 6.07) is 0. The summed E-state index contributed by atoms with van der Waals surface area (Å²) in [5.74, 6) is 1.17. The third-order valence-electron chi connectivity index (χ3n) is 2.40. The van der Waals surface area contributed by atoms with Crippen LogP contribution in [0, 0.1) is 5.92 Å². The minimum atomic E-state index is -2.71. The molecule has 4 unspecified atom stereocenters. The predicted octanol–water partition coefficient (Wildman–Crippen LogP) is 2.47. The van der Waals surface area contributed by atoms with Gasteiger partial charge >= 0.3 is 0 Å². The predicted molar refractivity (Wildman–Crippen MR) is 70.9 cm³/mol. The van der Waals surface area contributed by atoms with Crippen LogP contribution in [-0.4, -0.2) is 25.6 Å². The van der Waals surface area contributed by atoms with Crippen LogP contribution in [0.5, 0.6) is 0 Å². The minimum Gasteiger partial charge on any atom is -0.229 e. The Morgan fingerprint density at radius 1 is 1.54 bits per heavy atom. The van der Waals surface area contributed by atoms with Gasteiger partial charge in [-0.05, 0) is 18.0 Å². The third-order valence-corrected chi connectivity index (χ3v) is 15.8. The number of hydrogen-bond donors (Lipinski definition) is 0. The first-order chi connectivity index (χ1) is 5.96. The molecule has 1 aliphatic heterocycles. The van der Waals surface area contributed by atoms with Crippen molar-refractivity contribution in [1.29, 1.82) is 0 Å². The standard InChI is InChI=1S/C6H16O2P4S/c1-5-4-13(7,8)3-2-6(5)12(10)11-9/h5-6,11H,2-4,9-10H2,1H3/t5-,6+,12?/m0/s1. The maximum absolute atomic E-state index is 11.3. The monoisotopic (exact) mass is 276 g/mol. The van der Waals surface area contributed by atoms with Crippen LogP contribution >= 0.6 is 33.1 Å². The molecule has 1 heterocycles. The van der Waals surface area contributed by atoms with Crippen LogP contribution in [0.1, 0.15) is 13.3 Å². The van der Waals surface area contributed by atoms with E-state index in [4.69, 9.17) is 0 Å². The van der Waals surface area contributed by atoms with E-state index in [0.29, 0.717) is 23.1 Å². The highest BCUT2D eigenvalue weighted by Crippen LogP contribution is 2.71. The van der Waals surface area contributed by atoms with Crippen LogP contribution in [0.25, 0.3) is 0 Å². The summed E-state index contributed by atoms with van der Waals surface area (Å²) >= 11 is 0. The first-order valence-electron chi connectivity index (χ1n) is 4.17. The average molecular weight is 276 g/mol. The molecule has 1 aliphatic rings. The highest BCUT2D eigenvalue weighted by molar-refractivity contribution is 8.61. The summed E-state index contributed by atoms with van der Waals surface area (Å²) in [5.41, 5.74) is 0.638. The van der Waals surface area contributed by atoms with Gasteiger partial charge in [0.05, 0.1) is 11.5 Å². The van der Waals surface area contributed by atoms with Crippen LogP contribution < -0.4 is 0 Å². The van der Waals surface area contributed by atoms with Gasteiger partial charge in [-0.3, -0.25) is 0 Å². The first kappa shape index (κ1) is 12.7. The number of hydrogen-bond acceptors (Lipinski definition) is 2. The molecule has 0 aliphatic carbocycles. The highest BCUT2D eigenvalue weighted by atomic mass is 32.6. The molecule has 0 aromatic rings.